The molecule has 2 amide bonds. The van der Waals surface area contributed by atoms with Crippen molar-refractivity contribution in [2.75, 3.05) is 13.1 Å². The molecule has 0 bridgehead atoms. The van der Waals surface area contributed by atoms with E-state index in [0.717, 1.165) is 5.56 Å². The molecule has 1 atom stereocenters. The summed E-state index contributed by atoms with van der Waals surface area (Å²) < 4.78 is 0. The highest BCUT2D eigenvalue weighted by Gasteiger charge is 2.18. The lowest BCUT2D eigenvalue weighted by Gasteiger charge is -2.21. The topological polar surface area (TPSA) is 86.7 Å². The zero-order valence-electron chi connectivity index (χ0n) is 12.2. The Morgan fingerprint density at radius 2 is 1.86 bits per heavy atom. The van der Waals surface area contributed by atoms with Gasteiger partial charge in [-0.2, -0.15) is 0 Å². The summed E-state index contributed by atoms with van der Waals surface area (Å²) in [5.41, 5.74) is 1.07. The van der Waals surface area contributed by atoms with E-state index in [9.17, 15) is 14.4 Å². The largest absolute Gasteiger partial charge is 0.480 e. The average molecular weight is 292 g/mol. The fourth-order valence-electron chi connectivity index (χ4n) is 1.78. The van der Waals surface area contributed by atoms with E-state index in [1.807, 2.05) is 30.3 Å². The molecule has 0 aliphatic heterocycles. The second-order valence-electron chi connectivity index (χ2n) is 4.80. The van der Waals surface area contributed by atoms with E-state index in [0.29, 0.717) is 13.0 Å². The van der Waals surface area contributed by atoms with Gasteiger partial charge in [0.15, 0.2) is 0 Å². The Labute approximate surface area is 123 Å². The number of nitrogens with one attached hydrogen (secondary N) is 1. The van der Waals surface area contributed by atoms with Crippen LogP contribution < -0.4 is 5.32 Å². The van der Waals surface area contributed by atoms with Crippen LogP contribution in [0.3, 0.4) is 0 Å². The van der Waals surface area contributed by atoms with Crippen LogP contribution in [0.4, 0.5) is 0 Å². The van der Waals surface area contributed by atoms with Gasteiger partial charge in [-0.25, -0.2) is 0 Å². The molecule has 1 aromatic rings. The highest BCUT2D eigenvalue weighted by molar-refractivity contribution is 5.87. The fraction of sp³-hybridized carbons (Fsp3) is 0.400. The number of hydrogen-bond donors (Lipinski definition) is 2. The molecule has 2 N–H and O–H groups in total. The second-order valence-corrected chi connectivity index (χ2v) is 4.80. The predicted octanol–water partition coefficient (Wildman–Crippen LogP) is 0.667. The van der Waals surface area contributed by atoms with Crippen molar-refractivity contribution in [1.82, 2.24) is 10.2 Å². The van der Waals surface area contributed by atoms with Gasteiger partial charge in [0.25, 0.3) is 0 Å². The molecule has 0 heterocycles. The molecule has 114 valence electrons. The van der Waals surface area contributed by atoms with Crippen molar-refractivity contribution in [2.45, 2.75) is 26.3 Å². The van der Waals surface area contributed by atoms with Crippen molar-refractivity contribution < 1.29 is 19.5 Å². The number of nitrogens with zero attached hydrogens (tertiary/aromatic N) is 1. The number of amides is 2. The van der Waals surface area contributed by atoms with Gasteiger partial charge in [0.1, 0.15) is 6.04 Å². The Bertz CT molecular complexity index is 502. The van der Waals surface area contributed by atoms with Crippen molar-refractivity contribution >= 4 is 17.8 Å². The summed E-state index contributed by atoms with van der Waals surface area (Å²) in [6.07, 6.45) is 0.641. The van der Waals surface area contributed by atoms with Crippen LogP contribution >= 0.6 is 0 Å². The maximum absolute atomic E-state index is 11.7. The third-order valence-corrected chi connectivity index (χ3v) is 3.04. The highest BCUT2D eigenvalue weighted by Crippen LogP contribution is 2.02. The van der Waals surface area contributed by atoms with Crippen LogP contribution in [0.25, 0.3) is 0 Å². The molecule has 0 aromatic heterocycles. The lowest BCUT2D eigenvalue weighted by atomic mass is 10.1. The van der Waals surface area contributed by atoms with Crippen molar-refractivity contribution in [1.29, 1.82) is 0 Å². The number of carboxylic acids is 1. The normalized spacial score (nSPS) is 11.5. The molecule has 0 aliphatic rings. The number of rotatable bonds is 7. The first-order chi connectivity index (χ1) is 9.90. The average Bonchev–Trinajstić information content (AvgIpc) is 2.44. The van der Waals surface area contributed by atoms with Crippen LogP contribution in [-0.2, 0) is 20.8 Å². The van der Waals surface area contributed by atoms with Gasteiger partial charge in [0, 0.05) is 13.5 Å². The number of hydrogen-bond acceptors (Lipinski definition) is 3. The van der Waals surface area contributed by atoms with Crippen LogP contribution in [0.2, 0.25) is 0 Å². The molecule has 0 saturated carbocycles. The quantitative estimate of drug-likeness (QED) is 0.773. The number of carboxylic acid groups (broad SMARTS) is 1. The van der Waals surface area contributed by atoms with Gasteiger partial charge in [0.2, 0.25) is 11.8 Å². The van der Waals surface area contributed by atoms with Crippen LogP contribution in [0.1, 0.15) is 19.4 Å². The van der Waals surface area contributed by atoms with Crippen molar-refractivity contribution in [3.05, 3.63) is 35.9 Å². The number of benzene rings is 1. The molecule has 0 aliphatic carbocycles. The molecule has 0 fully saturated rings. The lowest BCUT2D eigenvalue weighted by molar-refractivity contribution is -0.141. The predicted molar refractivity (Wildman–Crippen MR) is 77.6 cm³/mol. The van der Waals surface area contributed by atoms with Gasteiger partial charge in [0.05, 0.1) is 6.54 Å². The molecule has 1 rings (SSSR count). The van der Waals surface area contributed by atoms with E-state index >= 15 is 0 Å². The molecule has 0 saturated heterocycles. The lowest BCUT2D eigenvalue weighted by Crippen LogP contribution is -2.45. The van der Waals surface area contributed by atoms with Crippen molar-refractivity contribution in [2.24, 2.45) is 0 Å². The molecule has 1 unspecified atom stereocenters. The summed E-state index contributed by atoms with van der Waals surface area (Å²) in [7, 11) is 0. The Morgan fingerprint density at radius 3 is 2.38 bits per heavy atom. The van der Waals surface area contributed by atoms with Crippen LogP contribution in [0.5, 0.6) is 0 Å². The Morgan fingerprint density at radius 1 is 1.24 bits per heavy atom. The van der Waals surface area contributed by atoms with Gasteiger partial charge in [-0.05, 0) is 18.9 Å². The zero-order chi connectivity index (χ0) is 15.8. The number of carbonyl (C=O) groups is 3. The molecule has 0 spiro atoms. The van der Waals surface area contributed by atoms with E-state index in [1.54, 1.807) is 0 Å². The number of carbonyl (C=O) groups excluding carboxylic acids is 2. The minimum absolute atomic E-state index is 0.139. The molecular formula is C15H20N2O4. The van der Waals surface area contributed by atoms with Gasteiger partial charge < -0.3 is 15.3 Å². The standard InChI is InChI=1S/C15H20N2O4/c1-11(15(20)21)16-14(19)10-17(12(2)18)9-8-13-6-4-3-5-7-13/h3-7,11H,8-10H2,1-2H3,(H,16,19)(H,20,21). The smallest absolute Gasteiger partial charge is 0.325 e. The maximum Gasteiger partial charge on any atom is 0.325 e. The molecule has 0 radical (unpaired) electrons. The SMILES string of the molecule is CC(=O)N(CCc1ccccc1)CC(=O)NC(C)C(=O)O. The van der Waals surface area contributed by atoms with E-state index < -0.39 is 17.9 Å². The Balaban J connectivity index is 2.52. The summed E-state index contributed by atoms with van der Waals surface area (Å²) in [6, 6.07) is 8.66. The third kappa shape index (κ3) is 6.07. The van der Waals surface area contributed by atoms with Gasteiger partial charge in [-0.15, -0.1) is 0 Å². The third-order valence-electron chi connectivity index (χ3n) is 3.04. The minimum atomic E-state index is -1.11. The Hall–Kier alpha value is -2.37. The van der Waals surface area contributed by atoms with Crippen LogP contribution in [-0.4, -0.2) is 46.9 Å². The van der Waals surface area contributed by atoms with Gasteiger partial charge >= 0.3 is 5.97 Å². The summed E-state index contributed by atoms with van der Waals surface area (Å²) in [5, 5.41) is 11.1. The Kier molecular flexibility index (Phi) is 6.39. The molecule has 6 heteroatoms. The fourth-order valence-corrected chi connectivity index (χ4v) is 1.78. The first kappa shape index (κ1) is 16.7. The molecule has 6 nitrogen and oxygen atoms in total. The van der Waals surface area contributed by atoms with Crippen molar-refractivity contribution in [3.8, 4) is 0 Å². The first-order valence-electron chi connectivity index (χ1n) is 6.71. The summed E-state index contributed by atoms with van der Waals surface area (Å²) in [5.74, 6) is -1.81. The van der Waals surface area contributed by atoms with E-state index in [4.69, 9.17) is 5.11 Å². The van der Waals surface area contributed by atoms with E-state index in [2.05, 4.69) is 5.32 Å². The van der Waals surface area contributed by atoms with Crippen molar-refractivity contribution in [3.63, 3.8) is 0 Å². The number of aliphatic carboxylic acids is 1. The van der Waals surface area contributed by atoms with Gasteiger partial charge in [-0.3, -0.25) is 14.4 Å². The van der Waals surface area contributed by atoms with Crippen LogP contribution in [0, 0.1) is 0 Å². The molecule has 1 aromatic carbocycles. The van der Waals surface area contributed by atoms with E-state index in [1.165, 1.54) is 18.7 Å². The summed E-state index contributed by atoms with van der Waals surface area (Å²) >= 11 is 0. The second kappa shape index (κ2) is 8.04. The first-order valence-corrected chi connectivity index (χ1v) is 6.71. The van der Waals surface area contributed by atoms with Crippen LogP contribution in [0.15, 0.2) is 30.3 Å². The van der Waals surface area contributed by atoms with Gasteiger partial charge in [-0.1, -0.05) is 30.3 Å². The van der Waals surface area contributed by atoms with E-state index in [-0.39, 0.29) is 12.5 Å². The minimum Gasteiger partial charge on any atom is -0.480 e. The molecule has 21 heavy (non-hydrogen) atoms. The summed E-state index contributed by atoms with van der Waals surface area (Å²) in [6.45, 7) is 3.04. The summed E-state index contributed by atoms with van der Waals surface area (Å²) in [4.78, 5) is 35.3. The maximum atomic E-state index is 11.7. The monoisotopic (exact) mass is 292 g/mol. The highest BCUT2D eigenvalue weighted by atomic mass is 16.4. The molecular weight excluding hydrogens is 272 g/mol. The zero-order valence-corrected chi connectivity index (χ0v) is 12.2.